The Balaban J connectivity index is 1.32. The molecule has 1 amide bonds. The molecule has 1 aliphatic rings. The van der Waals surface area contributed by atoms with Crippen molar-refractivity contribution >= 4 is 22.5 Å². The molecule has 6 heteroatoms. The highest BCUT2D eigenvalue weighted by molar-refractivity contribution is 5.97. The second-order valence-corrected chi connectivity index (χ2v) is 7.16. The summed E-state index contributed by atoms with van der Waals surface area (Å²) in [5.41, 5.74) is 2.41. The van der Waals surface area contributed by atoms with Crippen molar-refractivity contribution < 1.29 is 9.21 Å². The van der Waals surface area contributed by atoms with E-state index in [0.29, 0.717) is 5.92 Å². The van der Waals surface area contributed by atoms with Gasteiger partial charge >= 0.3 is 0 Å². The zero-order valence-corrected chi connectivity index (χ0v) is 15.1. The van der Waals surface area contributed by atoms with Gasteiger partial charge in [0.05, 0.1) is 0 Å². The van der Waals surface area contributed by atoms with Crippen molar-refractivity contribution in [2.45, 2.75) is 25.7 Å². The van der Waals surface area contributed by atoms with Crippen LogP contribution in [0.5, 0.6) is 0 Å². The predicted octanol–water partition coefficient (Wildman–Crippen LogP) is 3.80. The van der Waals surface area contributed by atoms with Crippen LogP contribution in [0.15, 0.2) is 53.1 Å². The number of carbonyl (C=O) groups excluding carboxylic acids is 1. The van der Waals surface area contributed by atoms with E-state index in [-0.39, 0.29) is 5.91 Å². The number of hydrogen-bond acceptors (Lipinski definition) is 4. The maximum atomic E-state index is 12.9. The van der Waals surface area contributed by atoms with E-state index in [1.54, 1.807) is 0 Å². The molecule has 27 heavy (non-hydrogen) atoms. The van der Waals surface area contributed by atoms with Gasteiger partial charge in [0.25, 0.3) is 5.91 Å². The van der Waals surface area contributed by atoms with E-state index in [0.717, 1.165) is 59.7 Å². The topological polar surface area (TPSA) is 63.6 Å². The molecule has 1 aromatic carbocycles. The number of hydrogen-bond donors (Lipinski definition) is 0. The molecule has 136 valence electrons. The number of pyridine rings is 1. The SMILES string of the molecule is Cc1cc2cc(C(=O)N3CCC(c4nnc5ccccn45)CC3)ccc2o1. The van der Waals surface area contributed by atoms with Gasteiger partial charge in [0, 0.05) is 36.2 Å². The van der Waals surface area contributed by atoms with Crippen LogP contribution in [0.4, 0.5) is 0 Å². The first-order valence-electron chi connectivity index (χ1n) is 9.28. The minimum atomic E-state index is 0.0836. The van der Waals surface area contributed by atoms with Crippen molar-refractivity contribution in [2.24, 2.45) is 0 Å². The lowest BCUT2D eigenvalue weighted by atomic mass is 9.95. The number of aromatic nitrogens is 3. The summed E-state index contributed by atoms with van der Waals surface area (Å²) in [7, 11) is 0. The molecule has 0 aliphatic carbocycles. The monoisotopic (exact) mass is 360 g/mol. The van der Waals surface area contributed by atoms with Crippen LogP contribution in [0.3, 0.4) is 0 Å². The fourth-order valence-corrected chi connectivity index (χ4v) is 3.97. The number of carbonyl (C=O) groups is 1. The molecule has 1 saturated heterocycles. The number of amides is 1. The predicted molar refractivity (Wildman–Crippen MR) is 102 cm³/mol. The first-order chi connectivity index (χ1) is 13.2. The van der Waals surface area contributed by atoms with Gasteiger partial charge in [-0.05, 0) is 56.2 Å². The molecule has 0 atom stereocenters. The molecular formula is C21H20N4O2. The second kappa shape index (κ2) is 6.23. The molecule has 0 N–H and O–H groups in total. The summed E-state index contributed by atoms with van der Waals surface area (Å²) in [6.07, 6.45) is 3.80. The van der Waals surface area contributed by atoms with Crippen molar-refractivity contribution in [1.29, 1.82) is 0 Å². The van der Waals surface area contributed by atoms with Gasteiger partial charge in [-0.25, -0.2) is 0 Å². The van der Waals surface area contributed by atoms with Gasteiger partial charge in [-0.15, -0.1) is 10.2 Å². The lowest BCUT2D eigenvalue weighted by molar-refractivity contribution is 0.0711. The molecule has 5 rings (SSSR count). The lowest BCUT2D eigenvalue weighted by Gasteiger charge is -2.31. The number of furan rings is 1. The van der Waals surface area contributed by atoms with Crippen molar-refractivity contribution in [3.8, 4) is 0 Å². The average molecular weight is 360 g/mol. The van der Waals surface area contributed by atoms with Gasteiger partial charge < -0.3 is 9.32 Å². The van der Waals surface area contributed by atoms with Crippen LogP contribution in [0.1, 0.15) is 40.7 Å². The summed E-state index contributed by atoms with van der Waals surface area (Å²) < 4.78 is 7.65. The maximum absolute atomic E-state index is 12.9. The van der Waals surface area contributed by atoms with E-state index in [1.165, 1.54) is 0 Å². The molecule has 4 heterocycles. The Morgan fingerprint density at radius 1 is 1.11 bits per heavy atom. The van der Waals surface area contributed by atoms with E-state index in [9.17, 15) is 4.79 Å². The van der Waals surface area contributed by atoms with Gasteiger partial charge in [0.15, 0.2) is 5.65 Å². The van der Waals surface area contributed by atoms with Crippen molar-refractivity contribution in [3.63, 3.8) is 0 Å². The van der Waals surface area contributed by atoms with Crippen LogP contribution in [-0.4, -0.2) is 38.5 Å². The maximum Gasteiger partial charge on any atom is 0.253 e. The molecule has 1 aliphatic heterocycles. The first kappa shape index (κ1) is 16.1. The van der Waals surface area contributed by atoms with E-state index in [2.05, 4.69) is 14.6 Å². The first-order valence-corrected chi connectivity index (χ1v) is 9.28. The van der Waals surface area contributed by atoms with Crippen LogP contribution in [0.2, 0.25) is 0 Å². The minimum Gasteiger partial charge on any atom is -0.461 e. The van der Waals surface area contributed by atoms with E-state index in [4.69, 9.17) is 4.42 Å². The van der Waals surface area contributed by atoms with E-state index < -0.39 is 0 Å². The van der Waals surface area contributed by atoms with Crippen LogP contribution in [0, 0.1) is 6.92 Å². The molecule has 4 aromatic rings. The van der Waals surface area contributed by atoms with Gasteiger partial charge in [0.1, 0.15) is 17.2 Å². The molecule has 0 bridgehead atoms. The highest BCUT2D eigenvalue weighted by Gasteiger charge is 2.27. The average Bonchev–Trinajstić information content (AvgIpc) is 3.29. The smallest absolute Gasteiger partial charge is 0.253 e. The van der Waals surface area contributed by atoms with Gasteiger partial charge in [-0.3, -0.25) is 9.20 Å². The Morgan fingerprint density at radius 3 is 2.81 bits per heavy atom. The standard InChI is InChI=1S/C21H20N4O2/c1-14-12-17-13-16(5-6-18(17)27-14)21(26)24-10-7-15(8-11-24)20-23-22-19-4-2-3-9-25(19)20/h2-6,9,12-13,15H,7-8,10-11H2,1H3. The molecule has 0 radical (unpaired) electrons. The molecule has 0 saturated carbocycles. The van der Waals surface area contributed by atoms with Crippen LogP contribution in [-0.2, 0) is 0 Å². The van der Waals surface area contributed by atoms with Crippen molar-refractivity contribution in [2.75, 3.05) is 13.1 Å². The fourth-order valence-electron chi connectivity index (χ4n) is 3.97. The number of rotatable bonds is 2. The Hall–Kier alpha value is -3.15. The lowest BCUT2D eigenvalue weighted by Crippen LogP contribution is -2.38. The number of likely N-dealkylation sites (tertiary alicyclic amines) is 1. The van der Waals surface area contributed by atoms with E-state index >= 15 is 0 Å². The van der Waals surface area contributed by atoms with Crippen LogP contribution in [0.25, 0.3) is 16.6 Å². The highest BCUT2D eigenvalue weighted by atomic mass is 16.3. The molecular weight excluding hydrogens is 340 g/mol. The third-order valence-corrected chi connectivity index (χ3v) is 5.37. The summed E-state index contributed by atoms with van der Waals surface area (Å²) in [6.45, 7) is 3.38. The number of aryl methyl sites for hydroxylation is 1. The van der Waals surface area contributed by atoms with E-state index in [1.807, 2.05) is 60.5 Å². The van der Waals surface area contributed by atoms with Gasteiger partial charge in [0.2, 0.25) is 0 Å². The van der Waals surface area contributed by atoms with Gasteiger partial charge in [-0.2, -0.15) is 0 Å². The molecule has 1 fully saturated rings. The molecule has 0 unspecified atom stereocenters. The Bertz CT molecular complexity index is 1140. The summed E-state index contributed by atoms with van der Waals surface area (Å²) in [5, 5.41) is 9.61. The number of benzene rings is 1. The van der Waals surface area contributed by atoms with Crippen LogP contribution >= 0.6 is 0 Å². The summed E-state index contributed by atoms with van der Waals surface area (Å²) in [6, 6.07) is 13.5. The van der Waals surface area contributed by atoms with Crippen molar-refractivity contribution in [1.82, 2.24) is 19.5 Å². The Kier molecular flexibility index (Phi) is 3.70. The molecule has 3 aromatic heterocycles. The summed E-state index contributed by atoms with van der Waals surface area (Å²) >= 11 is 0. The van der Waals surface area contributed by atoms with Crippen LogP contribution < -0.4 is 0 Å². The quantitative estimate of drug-likeness (QED) is 0.545. The zero-order valence-electron chi connectivity index (χ0n) is 15.1. The molecule has 6 nitrogen and oxygen atoms in total. The number of nitrogens with zero attached hydrogens (tertiary/aromatic N) is 4. The number of piperidine rings is 1. The normalized spacial score (nSPS) is 15.7. The largest absolute Gasteiger partial charge is 0.461 e. The third kappa shape index (κ3) is 2.77. The Labute approximate surface area is 156 Å². The van der Waals surface area contributed by atoms with Gasteiger partial charge in [-0.1, -0.05) is 6.07 Å². The highest BCUT2D eigenvalue weighted by Crippen LogP contribution is 2.28. The zero-order chi connectivity index (χ0) is 18.4. The van der Waals surface area contributed by atoms with Crippen molar-refractivity contribution in [3.05, 3.63) is 65.8 Å². The Morgan fingerprint density at radius 2 is 1.96 bits per heavy atom. The number of fused-ring (bicyclic) bond motifs is 2. The summed E-state index contributed by atoms with van der Waals surface area (Å²) in [5.74, 6) is 2.26. The third-order valence-electron chi connectivity index (χ3n) is 5.37. The second-order valence-electron chi connectivity index (χ2n) is 7.16. The summed E-state index contributed by atoms with van der Waals surface area (Å²) in [4.78, 5) is 14.9. The molecule has 0 spiro atoms. The minimum absolute atomic E-state index is 0.0836. The fraction of sp³-hybridized carbons (Fsp3) is 0.286.